The minimum Gasteiger partial charge on any atom is -0.361 e. The van der Waals surface area contributed by atoms with Crippen LogP contribution in [0.15, 0.2) is 59.6 Å². The number of aromatic nitrogens is 1. The van der Waals surface area contributed by atoms with E-state index in [1.165, 1.54) is 44.6 Å². The molecule has 0 aliphatic rings. The maximum atomic E-state index is 13.3. The zero-order chi connectivity index (χ0) is 27.4. The van der Waals surface area contributed by atoms with Crippen molar-refractivity contribution >= 4 is 32.7 Å². The number of para-hydroxylation sites is 1. The van der Waals surface area contributed by atoms with Crippen LogP contribution < -0.4 is 16.0 Å². The molecule has 0 spiro atoms. The van der Waals surface area contributed by atoms with Crippen LogP contribution in [-0.4, -0.2) is 25.2 Å². The summed E-state index contributed by atoms with van der Waals surface area (Å²) in [4.78, 5) is 28.8. The van der Waals surface area contributed by atoms with Gasteiger partial charge < -0.3 is 4.98 Å². The van der Waals surface area contributed by atoms with Gasteiger partial charge in [-0.05, 0) is 36.1 Å². The number of carbonyl (C=O) groups is 2. The Morgan fingerprint density at radius 1 is 0.868 bits per heavy atom. The highest BCUT2D eigenvalue weighted by molar-refractivity contribution is 7.89. The Labute approximate surface area is 225 Å². The van der Waals surface area contributed by atoms with Crippen LogP contribution in [0.3, 0.4) is 0 Å². The number of benzene rings is 2. The molecule has 0 saturated heterocycles. The quantitative estimate of drug-likeness (QED) is 0.155. The zero-order valence-corrected chi connectivity index (χ0v) is 23.0. The Morgan fingerprint density at radius 2 is 1.50 bits per heavy atom. The number of hydrazine groups is 1. The molecular weight excluding hydrogens is 500 g/mol. The van der Waals surface area contributed by atoms with Gasteiger partial charge in [-0.15, -0.1) is 0 Å². The van der Waals surface area contributed by atoms with Crippen LogP contribution in [0.5, 0.6) is 0 Å². The molecule has 0 aliphatic heterocycles. The molecule has 1 atom stereocenters. The van der Waals surface area contributed by atoms with Gasteiger partial charge in [0.15, 0.2) is 0 Å². The van der Waals surface area contributed by atoms with Gasteiger partial charge in [-0.25, -0.2) is 13.6 Å². The smallest absolute Gasteiger partial charge is 0.246 e. The van der Waals surface area contributed by atoms with Crippen molar-refractivity contribution in [1.82, 2.24) is 15.8 Å². The third-order valence-corrected chi connectivity index (χ3v) is 7.83. The number of sulfonamides is 1. The van der Waals surface area contributed by atoms with E-state index >= 15 is 0 Å². The lowest BCUT2D eigenvalue weighted by atomic mass is 9.91. The summed E-state index contributed by atoms with van der Waals surface area (Å²) in [6.07, 6.45) is 12.7. The molecule has 0 aliphatic carbocycles. The molecule has 38 heavy (non-hydrogen) atoms. The highest BCUT2D eigenvalue weighted by atomic mass is 32.2. The topological polar surface area (TPSA) is 134 Å². The number of amides is 2. The second-order valence-electron chi connectivity index (χ2n) is 9.81. The van der Waals surface area contributed by atoms with Crippen LogP contribution in [-0.2, 0) is 26.0 Å². The van der Waals surface area contributed by atoms with Crippen LogP contribution in [0.25, 0.3) is 10.9 Å². The summed E-state index contributed by atoms with van der Waals surface area (Å²) in [5, 5.41) is 6.40. The van der Waals surface area contributed by atoms with Gasteiger partial charge in [0, 0.05) is 23.5 Å². The molecule has 3 aromatic rings. The number of nitrogens with two attached hydrogens (primary N) is 1. The number of rotatable bonds is 15. The van der Waals surface area contributed by atoms with Gasteiger partial charge in [-0.2, -0.15) is 0 Å². The Balaban J connectivity index is 1.61. The molecule has 2 amide bonds. The minimum absolute atomic E-state index is 0.110. The molecule has 0 radical (unpaired) electrons. The molecule has 9 heteroatoms. The predicted molar refractivity (Wildman–Crippen MR) is 151 cm³/mol. The number of H-pyrrole nitrogens is 1. The van der Waals surface area contributed by atoms with Gasteiger partial charge in [-0.3, -0.25) is 20.4 Å². The number of fused-ring (bicyclic) bond motifs is 1. The van der Waals surface area contributed by atoms with Crippen LogP contribution in [0.1, 0.15) is 88.2 Å². The standard InChI is InChI=1S/C29H40N4O4S/c1-2-3-4-5-6-7-8-9-10-19-28(34)32-33-29(35)25(24-16-12-14-18-27(24)38(30,36)37)20-22-21-31-26-17-13-11-15-23(22)26/h11-18,21,25,31H,2-10,19-20H2,1H3,(H,32,34)(H,33,35)(H2,30,36,37). The van der Waals surface area contributed by atoms with E-state index in [4.69, 9.17) is 5.14 Å². The average molecular weight is 541 g/mol. The highest BCUT2D eigenvalue weighted by Crippen LogP contribution is 2.30. The second kappa shape index (κ2) is 14.7. The molecule has 1 unspecified atom stereocenters. The van der Waals surface area contributed by atoms with Gasteiger partial charge in [0.25, 0.3) is 0 Å². The lowest BCUT2D eigenvalue weighted by molar-refractivity contribution is -0.129. The summed E-state index contributed by atoms with van der Waals surface area (Å²) >= 11 is 0. The maximum Gasteiger partial charge on any atom is 0.246 e. The Morgan fingerprint density at radius 3 is 2.21 bits per heavy atom. The van der Waals surface area contributed by atoms with Crippen molar-refractivity contribution in [3.63, 3.8) is 0 Å². The number of primary sulfonamides is 1. The van der Waals surface area contributed by atoms with E-state index in [-0.39, 0.29) is 22.8 Å². The first-order chi connectivity index (χ1) is 18.3. The fourth-order valence-corrected chi connectivity index (χ4v) is 5.58. The van der Waals surface area contributed by atoms with Crippen LogP contribution >= 0.6 is 0 Å². The summed E-state index contributed by atoms with van der Waals surface area (Å²) in [5.74, 6) is -1.67. The molecule has 8 nitrogen and oxygen atoms in total. The Kier molecular flexibility index (Phi) is 11.4. The molecular formula is C29H40N4O4S. The highest BCUT2D eigenvalue weighted by Gasteiger charge is 2.28. The first-order valence-electron chi connectivity index (χ1n) is 13.6. The summed E-state index contributed by atoms with van der Waals surface area (Å²) in [6, 6.07) is 13.9. The molecule has 2 aromatic carbocycles. The van der Waals surface area contributed by atoms with Crippen LogP contribution in [0.2, 0.25) is 0 Å². The van der Waals surface area contributed by atoms with Crippen molar-refractivity contribution in [1.29, 1.82) is 0 Å². The molecule has 1 heterocycles. The molecule has 0 bridgehead atoms. The zero-order valence-electron chi connectivity index (χ0n) is 22.2. The number of aromatic amines is 1. The average Bonchev–Trinajstić information content (AvgIpc) is 3.31. The van der Waals surface area contributed by atoms with E-state index in [9.17, 15) is 18.0 Å². The van der Waals surface area contributed by atoms with E-state index in [1.807, 2.05) is 30.5 Å². The van der Waals surface area contributed by atoms with Crippen molar-refractivity contribution in [2.75, 3.05) is 0 Å². The van der Waals surface area contributed by atoms with Gasteiger partial charge in [0.2, 0.25) is 21.8 Å². The van der Waals surface area contributed by atoms with E-state index < -0.39 is 21.8 Å². The third-order valence-electron chi connectivity index (χ3n) is 6.85. The fourth-order valence-electron chi connectivity index (χ4n) is 4.77. The van der Waals surface area contributed by atoms with Gasteiger partial charge in [0.1, 0.15) is 0 Å². The van der Waals surface area contributed by atoms with Gasteiger partial charge >= 0.3 is 0 Å². The first-order valence-corrected chi connectivity index (χ1v) is 15.1. The maximum absolute atomic E-state index is 13.3. The second-order valence-corrected chi connectivity index (χ2v) is 11.3. The van der Waals surface area contributed by atoms with E-state index in [2.05, 4.69) is 22.8 Å². The third kappa shape index (κ3) is 8.70. The van der Waals surface area contributed by atoms with E-state index in [1.54, 1.807) is 18.2 Å². The summed E-state index contributed by atoms with van der Waals surface area (Å²) in [7, 11) is -4.07. The SMILES string of the molecule is CCCCCCCCCCCC(=O)NNC(=O)C(Cc1c[nH]c2ccccc12)c1ccccc1S(N)(=O)=O. The normalized spacial score (nSPS) is 12.4. The molecule has 0 saturated carbocycles. The van der Waals surface area contributed by atoms with Crippen molar-refractivity contribution in [3.8, 4) is 0 Å². The van der Waals surface area contributed by atoms with Crippen LogP contribution in [0, 0.1) is 0 Å². The first kappa shape index (κ1) is 29.4. The predicted octanol–water partition coefficient (Wildman–Crippen LogP) is 5.21. The van der Waals surface area contributed by atoms with Gasteiger partial charge in [-0.1, -0.05) is 94.7 Å². The number of carbonyl (C=O) groups excluding carboxylic acids is 2. The fraction of sp³-hybridized carbons (Fsp3) is 0.448. The largest absolute Gasteiger partial charge is 0.361 e. The van der Waals surface area contributed by atoms with E-state index in [0.29, 0.717) is 6.42 Å². The number of unbranched alkanes of at least 4 members (excludes halogenated alkanes) is 8. The summed E-state index contributed by atoms with van der Waals surface area (Å²) in [6.45, 7) is 2.21. The monoisotopic (exact) mass is 540 g/mol. The summed E-state index contributed by atoms with van der Waals surface area (Å²) < 4.78 is 24.6. The number of hydrogen-bond acceptors (Lipinski definition) is 4. The van der Waals surface area contributed by atoms with Gasteiger partial charge in [0.05, 0.1) is 10.8 Å². The summed E-state index contributed by atoms with van der Waals surface area (Å²) in [5.41, 5.74) is 7.07. The lowest BCUT2D eigenvalue weighted by Gasteiger charge is -2.20. The molecule has 1 aromatic heterocycles. The number of hydrogen-bond donors (Lipinski definition) is 4. The molecule has 3 rings (SSSR count). The van der Waals surface area contributed by atoms with Crippen molar-refractivity contribution < 1.29 is 18.0 Å². The Hall–Kier alpha value is -3.17. The van der Waals surface area contributed by atoms with Crippen molar-refractivity contribution in [2.45, 2.75) is 88.4 Å². The van der Waals surface area contributed by atoms with Crippen molar-refractivity contribution in [3.05, 3.63) is 65.9 Å². The van der Waals surface area contributed by atoms with Crippen LogP contribution in [0.4, 0.5) is 0 Å². The minimum atomic E-state index is -4.07. The van der Waals surface area contributed by atoms with Crippen molar-refractivity contribution in [2.24, 2.45) is 5.14 Å². The Bertz CT molecular complexity index is 1300. The lowest BCUT2D eigenvalue weighted by Crippen LogP contribution is -2.44. The molecule has 5 N–H and O–H groups in total. The molecule has 206 valence electrons. The van der Waals surface area contributed by atoms with E-state index in [0.717, 1.165) is 35.7 Å². The molecule has 0 fully saturated rings. The number of nitrogens with one attached hydrogen (secondary N) is 3.